The number of carbonyl (C=O) groups is 2. The van der Waals surface area contributed by atoms with E-state index in [9.17, 15) is 9.59 Å². The normalized spacial score (nSPS) is 12.3. The first-order valence-electron chi connectivity index (χ1n) is 5.73. The van der Waals surface area contributed by atoms with E-state index in [1.807, 2.05) is 13.8 Å². The van der Waals surface area contributed by atoms with Crippen LogP contribution in [0.3, 0.4) is 0 Å². The van der Waals surface area contributed by atoms with Crippen molar-refractivity contribution in [3.63, 3.8) is 0 Å². The minimum atomic E-state index is -1.08. The van der Waals surface area contributed by atoms with E-state index >= 15 is 0 Å². The van der Waals surface area contributed by atoms with Gasteiger partial charge in [0.05, 0.1) is 17.3 Å². The molecule has 1 rings (SSSR count). The summed E-state index contributed by atoms with van der Waals surface area (Å²) in [5, 5.41) is 11.6. The Balaban J connectivity index is 2.98. The zero-order valence-electron chi connectivity index (χ0n) is 10.7. The number of nitrogens with one attached hydrogen (secondary N) is 1. The summed E-state index contributed by atoms with van der Waals surface area (Å²) in [4.78, 5) is 22.9. The Hall–Kier alpha value is -1.88. The highest BCUT2D eigenvalue weighted by Crippen LogP contribution is 2.18. The lowest BCUT2D eigenvalue weighted by molar-refractivity contribution is -0.118. The number of rotatable bonds is 4. The second-order valence-corrected chi connectivity index (χ2v) is 4.61. The predicted octanol–water partition coefficient (Wildman–Crippen LogP) is 1.62. The molecule has 0 heterocycles. The number of carboxylic acid groups (broad SMARTS) is 1. The molecule has 1 aromatic carbocycles. The SMILES string of the molecule is Cc1ccc(NC(=O)[C@@H](N)C(C)C)c(C(=O)O)c1. The molecule has 0 unspecified atom stereocenters. The highest BCUT2D eigenvalue weighted by molar-refractivity contribution is 6.02. The van der Waals surface area contributed by atoms with Crippen molar-refractivity contribution in [2.75, 3.05) is 5.32 Å². The fraction of sp³-hybridized carbons (Fsp3) is 0.385. The summed E-state index contributed by atoms with van der Waals surface area (Å²) in [6.45, 7) is 5.45. The van der Waals surface area contributed by atoms with Crippen LogP contribution < -0.4 is 11.1 Å². The van der Waals surface area contributed by atoms with Crippen LogP contribution in [-0.2, 0) is 4.79 Å². The van der Waals surface area contributed by atoms with Gasteiger partial charge in [0, 0.05) is 0 Å². The van der Waals surface area contributed by atoms with E-state index < -0.39 is 12.0 Å². The molecule has 18 heavy (non-hydrogen) atoms. The van der Waals surface area contributed by atoms with Crippen LogP contribution in [0, 0.1) is 12.8 Å². The Kier molecular flexibility index (Phi) is 4.44. The Bertz CT molecular complexity index is 469. The Morgan fingerprint density at radius 3 is 2.44 bits per heavy atom. The third kappa shape index (κ3) is 3.30. The van der Waals surface area contributed by atoms with Crippen LogP contribution in [0.1, 0.15) is 29.8 Å². The van der Waals surface area contributed by atoms with Crippen LogP contribution in [-0.4, -0.2) is 23.0 Å². The quantitative estimate of drug-likeness (QED) is 0.757. The van der Waals surface area contributed by atoms with Gasteiger partial charge in [-0.3, -0.25) is 4.79 Å². The smallest absolute Gasteiger partial charge is 0.337 e. The van der Waals surface area contributed by atoms with Gasteiger partial charge in [0.2, 0.25) is 5.91 Å². The molecular formula is C13H18N2O3. The van der Waals surface area contributed by atoms with Crippen molar-refractivity contribution in [3.8, 4) is 0 Å². The summed E-state index contributed by atoms with van der Waals surface area (Å²) >= 11 is 0. The lowest BCUT2D eigenvalue weighted by atomic mass is 10.0. The number of carboxylic acids is 1. The highest BCUT2D eigenvalue weighted by Gasteiger charge is 2.19. The molecule has 0 bridgehead atoms. The van der Waals surface area contributed by atoms with Gasteiger partial charge in [-0.2, -0.15) is 0 Å². The summed E-state index contributed by atoms with van der Waals surface area (Å²) in [5.41, 5.74) is 6.86. The van der Waals surface area contributed by atoms with Crippen molar-refractivity contribution in [3.05, 3.63) is 29.3 Å². The molecule has 1 amide bonds. The Morgan fingerprint density at radius 2 is 1.94 bits per heavy atom. The van der Waals surface area contributed by atoms with E-state index in [1.165, 1.54) is 6.07 Å². The molecule has 0 spiro atoms. The van der Waals surface area contributed by atoms with Crippen LogP contribution >= 0.6 is 0 Å². The number of aromatic carboxylic acids is 1. The third-order valence-corrected chi connectivity index (χ3v) is 2.68. The largest absolute Gasteiger partial charge is 0.478 e. The number of anilines is 1. The highest BCUT2D eigenvalue weighted by atomic mass is 16.4. The summed E-state index contributed by atoms with van der Waals surface area (Å²) < 4.78 is 0. The van der Waals surface area contributed by atoms with Crippen molar-refractivity contribution < 1.29 is 14.7 Å². The fourth-order valence-corrected chi connectivity index (χ4v) is 1.46. The minimum absolute atomic E-state index is 0.0104. The zero-order valence-corrected chi connectivity index (χ0v) is 10.7. The summed E-state index contributed by atoms with van der Waals surface area (Å²) in [7, 11) is 0. The molecule has 0 aliphatic rings. The number of carbonyl (C=O) groups excluding carboxylic acids is 1. The molecule has 0 fully saturated rings. The molecule has 0 saturated heterocycles. The summed E-state index contributed by atoms with van der Waals surface area (Å²) in [6.07, 6.45) is 0. The van der Waals surface area contributed by atoms with Crippen molar-refractivity contribution in [1.29, 1.82) is 0 Å². The Labute approximate surface area is 106 Å². The van der Waals surface area contributed by atoms with Gasteiger partial charge in [0.25, 0.3) is 0 Å². The minimum Gasteiger partial charge on any atom is -0.478 e. The molecule has 0 aliphatic carbocycles. The first-order chi connectivity index (χ1) is 8.32. The third-order valence-electron chi connectivity index (χ3n) is 2.68. The monoisotopic (exact) mass is 250 g/mol. The average Bonchev–Trinajstić information content (AvgIpc) is 2.29. The molecule has 0 aromatic heterocycles. The standard InChI is InChI=1S/C13H18N2O3/c1-7(2)11(14)12(16)15-10-5-4-8(3)6-9(10)13(17)18/h4-7,11H,14H2,1-3H3,(H,15,16)(H,17,18)/t11-/m0/s1. The van der Waals surface area contributed by atoms with Crippen molar-refractivity contribution >= 4 is 17.6 Å². The number of benzene rings is 1. The predicted molar refractivity (Wildman–Crippen MR) is 69.6 cm³/mol. The maximum absolute atomic E-state index is 11.8. The fourth-order valence-electron chi connectivity index (χ4n) is 1.46. The summed E-state index contributed by atoms with van der Waals surface area (Å²) in [5.74, 6) is -1.47. The number of amides is 1. The number of aryl methyl sites for hydroxylation is 1. The average molecular weight is 250 g/mol. The van der Waals surface area contributed by atoms with Gasteiger partial charge in [0.1, 0.15) is 0 Å². The van der Waals surface area contributed by atoms with Crippen LogP contribution in [0.15, 0.2) is 18.2 Å². The molecule has 98 valence electrons. The van der Waals surface area contributed by atoms with Crippen molar-refractivity contribution in [1.82, 2.24) is 0 Å². The van der Waals surface area contributed by atoms with E-state index in [4.69, 9.17) is 10.8 Å². The van der Waals surface area contributed by atoms with Gasteiger partial charge < -0.3 is 16.2 Å². The molecule has 4 N–H and O–H groups in total. The maximum atomic E-state index is 11.8. The van der Waals surface area contributed by atoms with Gasteiger partial charge in [-0.1, -0.05) is 25.5 Å². The van der Waals surface area contributed by atoms with E-state index in [1.54, 1.807) is 19.1 Å². The van der Waals surface area contributed by atoms with Gasteiger partial charge in [-0.25, -0.2) is 4.79 Å². The van der Waals surface area contributed by atoms with Crippen molar-refractivity contribution in [2.24, 2.45) is 11.7 Å². The van der Waals surface area contributed by atoms with Gasteiger partial charge >= 0.3 is 5.97 Å². The number of nitrogens with two attached hydrogens (primary N) is 1. The summed E-state index contributed by atoms with van der Waals surface area (Å²) in [6, 6.07) is 4.17. The molecule has 1 aromatic rings. The van der Waals surface area contributed by atoms with Crippen molar-refractivity contribution in [2.45, 2.75) is 26.8 Å². The van der Waals surface area contributed by atoms with Crippen LogP contribution in [0.25, 0.3) is 0 Å². The second kappa shape index (κ2) is 5.64. The first kappa shape index (κ1) is 14.2. The van der Waals surface area contributed by atoms with E-state index in [-0.39, 0.29) is 23.1 Å². The van der Waals surface area contributed by atoms with Crippen LogP contribution in [0.2, 0.25) is 0 Å². The van der Waals surface area contributed by atoms with E-state index in [0.717, 1.165) is 5.56 Å². The zero-order chi connectivity index (χ0) is 13.9. The number of hydrogen-bond acceptors (Lipinski definition) is 3. The molecule has 0 radical (unpaired) electrons. The Morgan fingerprint density at radius 1 is 1.33 bits per heavy atom. The van der Waals surface area contributed by atoms with Gasteiger partial charge in [-0.05, 0) is 25.0 Å². The molecule has 0 aliphatic heterocycles. The maximum Gasteiger partial charge on any atom is 0.337 e. The lowest BCUT2D eigenvalue weighted by Gasteiger charge is -2.16. The van der Waals surface area contributed by atoms with Crippen LogP contribution in [0.4, 0.5) is 5.69 Å². The topological polar surface area (TPSA) is 92.4 Å². The molecule has 5 nitrogen and oxygen atoms in total. The molecule has 1 atom stereocenters. The lowest BCUT2D eigenvalue weighted by Crippen LogP contribution is -2.40. The molecule has 5 heteroatoms. The van der Waals surface area contributed by atoms with E-state index in [0.29, 0.717) is 0 Å². The van der Waals surface area contributed by atoms with E-state index in [2.05, 4.69) is 5.32 Å². The van der Waals surface area contributed by atoms with Crippen LogP contribution in [0.5, 0.6) is 0 Å². The first-order valence-corrected chi connectivity index (χ1v) is 5.73. The molecular weight excluding hydrogens is 232 g/mol. The van der Waals surface area contributed by atoms with Gasteiger partial charge in [-0.15, -0.1) is 0 Å². The number of hydrogen-bond donors (Lipinski definition) is 3. The second-order valence-electron chi connectivity index (χ2n) is 4.61. The van der Waals surface area contributed by atoms with Gasteiger partial charge in [0.15, 0.2) is 0 Å². The molecule has 0 saturated carbocycles.